The number of halogens is 1. The van der Waals surface area contributed by atoms with Crippen molar-refractivity contribution >= 4 is 34.2 Å². The molecule has 25 heavy (non-hydrogen) atoms. The van der Waals surface area contributed by atoms with Gasteiger partial charge in [0.2, 0.25) is 0 Å². The largest absolute Gasteiger partial charge is 0.486 e. The van der Waals surface area contributed by atoms with Crippen LogP contribution in [0, 0.1) is 10.5 Å². The van der Waals surface area contributed by atoms with Gasteiger partial charge in [-0.1, -0.05) is 0 Å². The third-order valence-electron chi connectivity index (χ3n) is 3.73. The molecule has 1 aromatic carbocycles. The lowest BCUT2D eigenvalue weighted by atomic mass is 10.3. The van der Waals surface area contributed by atoms with Gasteiger partial charge in [0, 0.05) is 10.1 Å². The maximum absolute atomic E-state index is 12.3. The van der Waals surface area contributed by atoms with E-state index in [-0.39, 0.29) is 18.3 Å². The Hall–Kier alpha value is -2.29. The SMILES string of the molecule is CCn1ncc(NC(=O)c2ccc(COc3ccc(I)cc3)o2)c1C. The molecule has 0 spiro atoms. The van der Waals surface area contributed by atoms with E-state index in [2.05, 4.69) is 33.0 Å². The van der Waals surface area contributed by atoms with Crippen LogP contribution in [-0.2, 0) is 13.2 Å². The van der Waals surface area contributed by atoms with E-state index in [9.17, 15) is 4.79 Å². The van der Waals surface area contributed by atoms with Crippen molar-refractivity contribution in [1.29, 1.82) is 0 Å². The molecule has 6 nitrogen and oxygen atoms in total. The van der Waals surface area contributed by atoms with Crippen molar-refractivity contribution in [2.75, 3.05) is 5.32 Å². The van der Waals surface area contributed by atoms with Gasteiger partial charge in [-0.3, -0.25) is 9.48 Å². The summed E-state index contributed by atoms with van der Waals surface area (Å²) in [7, 11) is 0. The van der Waals surface area contributed by atoms with Gasteiger partial charge in [-0.2, -0.15) is 5.10 Å². The highest BCUT2D eigenvalue weighted by Gasteiger charge is 2.14. The summed E-state index contributed by atoms with van der Waals surface area (Å²) in [5.41, 5.74) is 1.59. The predicted octanol–water partition coefficient (Wildman–Crippen LogP) is 4.24. The van der Waals surface area contributed by atoms with E-state index in [4.69, 9.17) is 9.15 Å². The van der Waals surface area contributed by atoms with Crippen molar-refractivity contribution in [3.05, 3.63) is 63.4 Å². The van der Waals surface area contributed by atoms with E-state index < -0.39 is 0 Å². The zero-order valence-corrected chi connectivity index (χ0v) is 16.1. The molecule has 0 radical (unpaired) electrons. The molecule has 0 aliphatic rings. The highest BCUT2D eigenvalue weighted by Crippen LogP contribution is 2.18. The Morgan fingerprint density at radius 2 is 2.04 bits per heavy atom. The third-order valence-corrected chi connectivity index (χ3v) is 4.45. The molecule has 0 saturated heterocycles. The van der Waals surface area contributed by atoms with E-state index >= 15 is 0 Å². The molecular formula is C18H18IN3O3. The second kappa shape index (κ2) is 7.73. The summed E-state index contributed by atoms with van der Waals surface area (Å²) in [5.74, 6) is 1.28. The Bertz CT molecular complexity index is 868. The van der Waals surface area contributed by atoms with Crippen molar-refractivity contribution in [3.63, 3.8) is 0 Å². The fourth-order valence-corrected chi connectivity index (χ4v) is 2.69. The quantitative estimate of drug-likeness (QED) is 0.570. The molecule has 1 amide bonds. The van der Waals surface area contributed by atoms with E-state index in [1.807, 2.05) is 42.8 Å². The summed E-state index contributed by atoms with van der Waals surface area (Å²) < 4.78 is 14.2. The number of carbonyl (C=O) groups is 1. The molecule has 0 fully saturated rings. The summed E-state index contributed by atoms with van der Waals surface area (Å²) in [6.07, 6.45) is 1.64. The van der Waals surface area contributed by atoms with Crippen LogP contribution in [0.15, 0.2) is 47.0 Å². The Morgan fingerprint density at radius 3 is 2.72 bits per heavy atom. The molecule has 2 aromatic heterocycles. The smallest absolute Gasteiger partial charge is 0.291 e. The van der Waals surface area contributed by atoms with Gasteiger partial charge in [-0.15, -0.1) is 0 Å². The number of nitrogens with zero attached hydrogens (tertiary/aromatic N) is 2. The number of aryl methyl sites for hydroxylation is 1. The first-order valence-corrected chi connectivity index (χ1v) is 8.95. The van der Waals surface area contributed by atoms with Crippen LogP contribution in [0.4, 0.5) is 5.69 Å². The molecule has 0 aliphatic carbocycles. The van der Waals surface area contributed by atoms with Gasteiger partial charge in [0.05, 0.1) is 17.6 Å². The molecule has 0 unspecified atom stereocenters. The van der Waals surface area contributed by atoms with Crippen molar-refractivity contribution in [3.8, 4) is 5.75 Å². The van der Waals surface area contributed by atoms with Gasteiger partial charge < -0.3 is 14.5 Å². The number of rotatable bonds is 6. The fourth-order valence-electron chi connectivity index (χ4n) is 2.33. The van der Waals surface area contributed by atoms with Crippen LogP contribution in [0.5, 0.6) is 5.75 Å². The van der Waals surface area contributed by atoms with Crippen LogP contribution in [0.25, 0.3) is 0 Å². The van der Waals surface area contributed by atoms with Gasteiger partial charge in [0.1, 0.15) is 18.1 Å². The molecule has 7 heteroatoms. The zero-order valence-electron chi connectivity index (χ0n) is 14.0. The predicted molar refractivity (Wildman–Crippen MR) is 103 cm³/mol. The van der Waals surface area contributed by atoms with Crippen LogP contribution in [-0.4, -0.2) is 15.7 Å². The van der Waals surface area contributed by atoms with E-state index in [0.717, 1.165) is 21.6 Å². The highest BCUT2D eigenvalue weighted by atomic mass is 127. The fraction of sp³-hybridized carbons (Fsp3) is 0.222. The third kappa shape index (κ3) is 4.22. The molecule has 0 aliphatic heterocycles. The second-order valence-corrected chi connectivity index (χ2v) is 6.67. The van der Waals surface area contributed by atoms with Crippen molar-refractivity contribution in [1.82, 2.24) is 9.78 Å². The first-order valence-electron chi connectivity index (χ1n) is 7.87. The topological polar surface area (TPSA) is 69.3 Å². The number of carbonyl (C=O) groups excluding carboxylic acids is 1. The molecule has 3 aromatic rings. The number of hydrogen-bond acceptors (Lipinski definition) is 4. The van der Waals surface area contributed by atoms with Crippen LogP contribution in [0.2, 0.25) is 0 Å². The molecule has 0 atom stereocenters. The standard InChI is InChI=1S/C18H18IN3O3/c1-3-22-12(2)16(10-20-22)21-18(23)17-9-8-15(25-17)11-24-14-6-4-13(19)5-7-14/h4-10H,3,11H2,1-2H3,(H,21,23). The second-order valence-electron chi connectivity index (χ2n) is 5.42. The molecule has 0 saturated carbocycles. The lowest BCUT2D eigenvalue weighted by Crippen LogP contribution is -2.11. The van der Waals surface area contributed by atoms with Crippen molar-refractivity contribution in [2.24, 2.45) is 0 Å². The number of benzene rings is 1. The molecular weight excluding hydrogens is 433 g/mol. The first kappa shape index (κ1) is 17.5. The van der Waals surface area contributed by atoms with Gasteiger partial charge >= 0.3 is 0 Å². The summed E-state index contributed by atoms with van der Waals surface area (Å²) >= 11 is 2.24. The Labute approximate surface area is 159 Å². The highest BCUT2D eigenvalue weighted by molar-refractivity contribution is 14.1. The molecule has 0 bridgehead atoms. The average molecular weight is 451 g/mol. The zero-order chi connectivity index (χ0) is 17.8. The Kier molecular flexibility index (Phi) is 5.42. The maximum Gasteiger partial charge on any atom is 0.291 e. The van der Waals surface area contributed by atoms with Gasteiger partial charge in [-0.05, 0) is 72.8 Å². The number of anilines is 1. The number of hydrogen-bond donors (Lipinski definition) is 1. The van der Waals surface area contributed by atoms with Crippen LogP contribution in [0.1, 0.15) is 28.9 Å². The first-order chi connectivity index (χ1) is 12.1. The van der Waals surface area contributed by atoms with E-state index in [1.165, 1.54) is 0 Å². The number of amides is 1. The molecule has 1 N–H and O–H groups in total. The summed E-state index contributed by atoms with van der Waals surface area (Å²) in [6, 6.07) is 11.1. The van der Waals surface area contributed by atoms with Crippen molar-refractivity contribution in [2.45, 2.75) is 27.0 Å². The summed E-state index contributed by atoms with van der Waals surface area (Å²) in [6.45, 7) is 4.93. The normalized spacial score (nSPS) is 10.7. The lowest BCUT2D eigenvalue weighted by molar-refractivity contribution is 0.0992. The number of nitrogens with one attached hydrogen (secondary N) is 1. The monoisotopic (exact) mass is 451 g/mol. The Balaban J connectivity index is 1.61. The summed E-state index contributed by atoms with van der Waals surface area (Å²) in [5, 5.41) is 7.02. The minimum absolute atomic E-state index is 0.241. The summed E-state index contributed by atoms with van der Waals surface area (Å²) in [4.78, 5) is 12.3. The van der Waals surface area contributed by atoms with Gasteiger partial charge in [0.15, 0.2) is 5.76 Å². The molecule has 2 heterocycles. The minimum atomic E-state index is -0.306. The number of furan rings is 1. The van der Waals surface area contributed by atoms with Crippen LogP contribution < -0.4 is 10.1 Å². The van der Waals surface area contributed by atoms with Gasteiger partial charge in [-0.25, -0.2) is 0 Å². The Morgan fingerprint density at radius 1 is 1.28 bits per heavy atom. The average Bonchev–Trinajstić information content (AvgIpc) is 3.22. The van der Waals surface area contributed by atoms with Crippen LogP contribution >= 0.6 is 22.6 Å². The number of aromatic nitrogens is 2. The van der Waals surface area contributed by atoms with E-state index in [1.54, 1.807) is 18.3 Å². The van der Waals surface area contributed by atoms with Gasteiger partial charge in [0.25, 0.3) is 5.91 Å². The lowest BCUT2D eigenvalue weighted by Gasteiger charge is -2.05. The molecule has 3 rings (SSSR count). The molecule has 130 valence electrons. The van der Waals surface area contributed by atoms with Crippen molar-refractivity contribution < 1.29 is 13.9 Å². The van der Waals surface area contributed by atoms with E-state index in [0.29, 0.717) is 11.4 Å². The minimum Gasteiger partial charge on any atom is -0.486 e. The maximum atomic E-state index is 12.3. The van der Waals surface area contributed by atoms with Crippen LogP contribution in [0.3, 0.4) is 0 Å². The number of ether oxygens (including phenoxy) is 1.